The third kappa shape index (κ3) is 2.87. The first kappa shape index (κ1) is 12.8. The Bertz CT molecular complexity index is 692. The number of aromatic nitrogens is 2. The fourth-order valence-electron chi connectivity index (χ4n) is 2.09. The summed E-state index contributed by atoms with van der Waals surface area (Å²) in [6, 6.07) is 6.60. The number of rotatable bonds is 4. The van der Waals surface area contributed by atoms with Crippen LogP contribution in [-0.4, -0.2) is 15.8 Å². The van der Waals surface area contributed by atoms with Gasteiger partial charge in [-0.2, -0.15) is 5.10 Å². The summed E-state index contributed by atoms with van der Waals surface area (Å²) in [7, 11) is 0. The molecule has 1 aliphatic carbocycles. The second kappa shape index (κ2) is 5.07. The molecule has 5 heteroatoms. The van der Waals surface area contributed by atoms with Crippen molar-refractivity contribution in [3.05, 3.63) is 57.8 Å². The first-order valence-electron chi connectivity index (χ1n) is 6.70. The summed E-state index contributed by atoms with van der Waals surface area (Å²) < 4.78 is 14.4. The molecule has 4 nitrogen and oxygen atoms in total. The Balaban J connectivity index is 1.81. The second-order valence-electron chi connectivity index (χ2n) is 5.23. The Morgan fingerprint density at radius 3 is 2.85 bits per heavy atom. The van der Waals surface area contributed by atoms with Gasteiger partial charge in [-0.3, -0.25) is 4.79 Å². The summed E-state index contributed by atoms with van der Waals surface area (Å²) in [5.74, 6) is -0.268. The van der Waals surface area contributed by atoms with Crippen molar-refractivity contribution in [2.75, 3.05) is 5.32 Å². The van der Waals surface area contributed by atoms with Gasteiger partial charge in [0.25, 0.3) is 5.56 Å². The molecule has 1 aliphatic rings. The van der Waals surface area contributed by atoms with Crippen LogP contribution in [0.25, 0.3) is 0 Å². The molecule has 3 rings (SSSR count). The van der Waals surface area contributed by atoms with Gasteiger partial charge in [0.2, 0.25) is 0 Å². The van der Waals surface area contributed by atoms with Crippen LogP contribution in [0.2, 0.25) is 0 Å². The molecule has 0 unspecified atom stereocenters. The summed E-state index contributed by atoms with van der Waals surface area (Å²) in [6.45, 7) is 2.18. The van der Waals surface area contributed by atoms with Gasteiger partial charge >= 0.3 is 0 Å². The molecule has 2 aromatic rings. The van der Waals surface area contributed by atoms with Crippen molar-refractivity contribution in [3.8, 4) is 0 Å². The first-order valence-corrected chi connectivity index (χ1v) is 6.70. The number of aryl methyl sites for hydroxylation is 1. The largest absolute Gasteiger partial charge is 0.381 e. The maximum atomic E-state index is 13.1. The van der Waals surface area contributed by atoms with Crippen LogP contribution in [0.1, 0.15) is 24.0 Å². The molecule has 1 N–H and O–H groups in total. The third-order valence-corrected chi connectivity index (χ3v) is 3.44. The van der Waals surface area contributed by atoms with Crippen LogP contribution in [0.4, 0.5) is 10.1 Å². The number of benzene rings is 1. The highest BCUT2D eigenvalue weighted by Gasteiger charge is 2.21. The van der Waals surface area contributed by atoms with Crippen molar-refractivity contribution in [2.45, 2.75) is 32.4 Å². The van der Waals surface area contributed by atoms with Crippen LogP contribution in [0.3, 0.4) is 0 Å². The van der Waals surface area contributed by atoms with Crippen molar-refractivity contribution >= 4 is 5.69 Å². The monoisotopic (exact) mass is 273 g/mol. The van der Waals surface area contributed by atoms with Crippen molar-refractivity contribution in [1.82, 2.24) is 9.78 Å². The molecule has 1 fully saturated rings. The molecule has 0 aliphatic heterocycles. The highest BCUT2D eigenvalue weighted by Crippen LogP contribution is 2.23. The van der Waals surface area contributed by atoms with E-state index < -0.39 is 0 Å². The molecule has 0 saturated heterocycles. The molecule has 0 atom stereocenters. The standard InChI is InChI=1S/C15H16FN3O/c1-10-6-12(16)3-2-11(10)9-19-15(20)7-14(8-17-19)18-13-4-5-13/h2-3,6-8,13,18H,4-5,9H2,1H3. The molecule has 1 aromatic carbocycles. The van der Waals surface area contributed by atoms with Gasteiger partial charge in [-0.05, 0) is 43.0 Å². The topological polar surface area (TPSA) is 46.9 Å². The van der Waals surface area contributed by atoms with Gasteiger partial charge in [-0.25, -0.2) is 9.07 Å². The first-order chi connectivity index (χ1) is 9.61. The fraction of sp³-hybridized carbons (Fsp3) is 0.333. The van der Waals surface area contributed by atoms with Gasteiger partial charge in [-0.1, -0.05) is 6.07 Å². The molecular weight excluding hydrogens is 257 g/mol. The zero-order valence-corrected chi connectivity index (χ0v) is 11.3. The molecule has 1 aromatic heterocycles. The lowest BCUT2D eigenvalue weighted by Gasteiger charge is -2.09. The summed E-state index contributed by atoms with van der Waals surface area (Å²) >= 11 is 0. The molecule has 0 bridgehead atoms. The minimum atomic E-state index is -0.268. The molecule has 0 spiro atoms. The number of hydrogen-bond donors (Lipinski definition) is 1. The van der Waals surface area contributed by atoms with E-state index in [2.05, 4.69) is 10.4 Å². The van der Waals surface area contributed by atoms with E-state index in [4.69, 9.17) is 0 Å². The number of nitrogens with zero attached hydrogens (tertiary/aromatic N) is 2. The lowest BCUT2D eigenvalue weighted by atomic mass is 10.1. The molecule has 104 valence electrons. The average Bonchev–Trinajstić information content (AvgIpc) is 3.19. The molecular formula is C15H16FN3O. The normalized spacial score (nSPS) is 14.3. The van der Waals surface area contributed by atoms with Crippen LogP contribution >= 0.6 is 0 Å². The molecule has 1 heterocycles. The van der Waals surface area contributed by atoms with Crippen LogP contribution in [-0.2, 0) is 6.54 Å². The van der Waals surface area contributed by atoms with E-state index in [0.29, 0.717) is 12.6 Å². The SMILES string of the molecule is Cc1cc(F)ccc1Cn1ncc(NC2CC2)cc1=O. The summed E-state index contributed by atoms with van der Waals surface area (Å²) in [6.07, 6.45) is 3.97. The fourth-order valence-corrected chi connectivity index (χ4v) is 2.09. The lowest BCUT2D eigenvalue weighted by molar-refractivity contribution is 0.616. The van der Waals surface area contributed by atoms with E-state index in [1.807, 2.05) is 6.92 Å². The van der Waals surface area contributed by atoms with Crippen molar-refractivity contribution in [1.29, 1.82) is 0 Å². The zero-order valence-electron chi connectivity index (χ0n) is 11.3. The Morgan fingerprint density at radius 1 is 1.40 bits per heavy atom. The van der Waals surface area contributed by atoms with Gasteiger partial charge in [-0.15, -0.1) is 0 Å². The highest BCUT2D eigenvalue weighted by molar-refractivity contribution is 5.41. The quantitative estimate of drug-likeness (QED) is 0.930. The Kier molecular flexibility index (Phi) is 3.26. The second-order valence-corrected chi connectivity index (χ2v) is 5.23. The summed E-state index contributed by atoms with van der Waals surface area (Å²) in [4.78, 5) is 12.0. The van der Waals surface area contributed by atoms with E-state index in [1.54, 1.807) is 18.3 Å². The molecule has 0 amide bonds. The van der Waals surface area contributed by atoms with Crippen LogP contribution in [0.15, 0.2) is 35.3 Å². The Morgan fingerprint density at radius 2 is 2.20 bits per heavy atom. The number of halogens is 1. The maximum Gasteiger partial charge on any atom is 0.269 e. The minimum Gasteiger partial charge on any atom is -0.381 e. The van der Waals surface area contributed by atoms with Gasteiger partial charge in [0.1, 0.15) is 5.82 Å². The molecule has 1 saturated carbocycles. The lowest BCUT2D eigenvalue weighted by Crippen LogP contribution is -2.23. The Labute approximate surface area is 116 Å². The van der Waals surface area contributed by atoms with Crippen molar-refractivity contribution in [2.24, 2.45) is 0 Å². The average molecular weight is 273 g/mol. The number of hydrogen-bond acceptors (Lipinski definition) is 3. The minimum absolute atomic E-state index is 0.153. The van der Waals surface area contributed by atoms with Gasteiger partial charge in [0.15, 0.2) is 0 Å². The molecule has 0 radical (unpaired) electrons. The van der Waals surface area contributed by atoms with Crippen LogP contribution in [0.5, 0.6) is 0 Å². The Hall–Kier alpha value is -2.17. The van der Waals surface area contributed by atoms with E-state index in [1.165, 1.54) is 16.8 Å². The molecule has 20 heavy (non-hydrogen) atoms. The summed E-state index contributed by atoms with van der Waals surface area (Å²) in [5.41, 5.74) is 2.33. The smallest absolute Gasteiger partial charge is 0.269 e. The predicted molar refractivity (Wildman–Crippen MR) is 75.4 cm³/mol. The van der Waals surface area contributed by atoms with Crippen molar-refractivity contribution < 1.29 is 4.39 Å². The van der Waals surface area contributed by atoms with E-state index in [-0.39, 0.29) is 11.4 Å². The predicted octanol–water partition coefficient (Wildman–Crippen LogP) is 2.31. The van der Waals surface area contributed by atoms with Gasteiger partial charge in [0, 0.05) is 12.1 Å². The number of nitrogens with one attached hydrogen (secondary N) is 1. The van der Waals surface area contributed by atoms with Crippen molar-refractivity contribution in [3.63, 3.8) is 0 Å². The van der Waals surface area contributed by atoms with E-state index >= 15 is 0 Å². The maximum absolute atomic E-state index is 13.1. The third-order valence-electron chi connectivity index (χ3n) is 3.44. The van der Waals surface area contributed by atoms with E-state index in [9.17, 15) is 9.18 Å². The van der Waals surface area contributed by atoms with Gasteiger partial charge < -0.3 is 5.32 Å². The number of anilines is 1. The van der Waals surface area contributed by atoms with Crippen LogP contribution in [0, 0.1) is 12.7 Å². The summed E-state index contributed by atoms with van der Waals surface area (Å²) in [5, 5.41) is 7.41. The highest BCUT2D eigenvalue weighted by atomic mass is 19.1. The van der Waals surface area contributed by atoms with Gasteiger partial charge in [0.05, 0.1) is 18.4 Å². The van der Waals surface area contributed by atoms with E-state index in [0.717, 1.165) is 29.7 Å². The van der Waals surface area contributed by atoms with Crippen LogP contribution < -0.4 is 10.9 Å². The zero-order chi connectivity index (χ0) is 14.1.